The Morgan fingerprint density at radius 3 is 2.50 bits per heavy atom. The molecule has 0 aromatic carbocycles. The van der Waals surface area contributed by atoms with Gasteiger partial charge in [0.05, 0.1) is 6.07 Å². The highest BCUT2D eigenvalue weighted by Crippen LogP contribution is 2.27. The van der Waals surface area contributed by atoms with Crippen molar-refractivity contribution in [1.29, 1.82) is 0 Å². The van der Waals surface area contributed by atoms with Gasteiger partial charge in [0.25, 0.3) is 12.1 Å². The predicted octanol–water partition coefficient (Wildman–Crippen LogP) is 1.76. The molecule has 0 radical (unpaired) electrons. The Labute approximate surface area is 85.5 Å². The summed E-state index contributed by atoms with van der Waals surface area (Å²) in [6.45, 7) is 0. The molecule has 0 bridgehead atoms. The van der Waals surface area contributed by atoms with E-state index in [0.717, 1.165) is 0 Å². The highest BCUT2D eigenvalue weighted by molar-refractivity contribution is 5.87. The fraction of sp³-hybridized carbons (Fsp3) is 0.143. The van der Waals surface area contributed by atoms with Gasteiger partial charge in [0.2, 0.25) is 0 Å². The molecule has 86 valence electrons. The zero-order valence-corrected chi connectivity index (χ0v) is 7.35. The van der Waals surface area contributed by atoms with Crippen LogP contribution in [-0.2, 0) is 0 Å². The Balaban J connectivity index is 3.52. The first-order valence-electron chi connectivity index (χ1n) is 3.71. The molecule has 16 heavy (non-hydrogen) atoms. The summed E-state index contributed by atoms with van der Waals surface area (Å²) >= 11 is 0. The third-order valence-corrected chi connectivity index (χ3v) is 1.60. The van der Waals surface area contributed by atoms with Crippen molar-refractivity contribution in [3.05, 3.63) is 33.3 Å². The van der Waals surface area contributed by atoms with Crippen molar-refractivity contribution in [1.82, 2.24) is 4.98 Å². The monoisotopic (exact) mass is 236 g/mol. The minimum absolute atomic E-state index is 0.147. The standard InChI is InChI=1S/C7H3F3N2O4/c8-2-1-3(12(15)16)11-5(7(13)14)4(2)6(9)10/h1,6H,(H,13,14). The van der Waals surface area contributed by atoms with E-state index < -0.39 is 40.2 Å². The molecule has 1 aromatic heterocycles. The number of halogens is 3. The summed E-state index contributed by atoms with van der Waals surface area (Å²) in [5.74, 6) is -4.77. The summed E-state index contributed by atoms with van der Waals surface area (Å²) in [4.78, 5) is 22.3. The second-order valence-electron chi connectivity index (χ2n) is 2.59. The van der Waals surface area contributed by atoms with Crippen LogP contribution in [0, 0.1) is 15.9 Å². The number of rotatable bonds is 3. The maximum atomic E-state index is 13.0. The number of carboxylic acid groups (broad SMARTS) is 1. The average Bonchev–Trinajstić information content (AvgIpc) is 2.15. The number of nitrogens with zero attached hydrogens (tertiary/aromatic N) is 2. The summed E-state index contributed by atoms with van der Waals surface area (Å²) in [7, 11) is 0. The summed E-state index contributed by atoms with van der Waals surface area (Å²) in [5, 5.41) is 18.7. The topological polar surface area (TPSA) is 93.3 Å². The lowest BCUT2D eigenvalue weighted by molar-refractivity contribution is -0.389. The van der Waals surface area contributed by atoms with Crippen molar-refractivity contribution < 1.29 is 28.0 Å². The van der Waals surface area contributed by atoms with Crippen molar-refractivity contribution in [3.63, 3.8) is 0 Å². The van der Waals surface area contributed by atoms with Crippen LogP contribution in [0.4, 0.5) is 19.0 Å². The zero-order valence-electron chi connectivity index (χ0n) is 7.35. The van der Waals surface area contributed by atoms with E-state index in [9.17, 15) is 28.1 Å². The zero-order chi connectivity index (χ0) is 12.5. The summed E-state index contributed by atoms with van der Waals surface area (Å²) < 4.78 is 37.5. The van der Waals surface area contributed by atoms with Crippen molar-refractivity contribution in [2.24, 2.45) is 0 Å². The van der Waals surface area contributed by atoms with E-state index in [4.69, 9.17) is 5.11 Å². The van der Waals surface area contributed by atoms with Gasteiger partial charge in [-0.25, -0.2) is 18.0 Å². The van der Waals surface area contributed by atoms with Crippen LogP contribution >= 0.6 is 0 Å². The molecule has 1 N–H and O–H groups in total. The van der Waals surface area contributed by atoms with Gasteiger partial charge in [-0.2, -0.15) is 0 Å². The second kappa shape index (κ2) is 4.13. The van der Waals surface area contributed by atoms with E-state index in [1.807, 2.05) is 0 Å². The fourth-order valence-electron chi connectivity index (χ4n) is 0.975. The normalized spacial score (nSPS) is 10.5. The number of carboxylic acids is 1. The second-order valence-corrected chi connectivity index (χ2v) is 2.59. The SMILES string of the molecule is O=C(O)c1nc([N+](=O)[O-])cc(F)c1C(F)F. The average molecular weight is 236 g/mol. The maximum absolute atomic E-state index is 13.0. The largest absolute Gasteiger partial charge is 0.475 e. The van der Waals surface area contributed by atoms with Crippen molar-refractivity contribution in [2.75, 3.05) is 0 Å². The molecule has 0 aliphatic carbocycles. The Bertz CT molecular complexity index is 463. The van der Waals surface area contributed by atoms with Crippen LogP contribution < -0.4 is 0 Å². The lowest BCUT2D eigenvalue weighted by atomic mass is 10.2. The van der Waals surface area contributed by atoms with Crippen molar-refractivity contribution in [3.8, 4) is 0 Å². The van der Waals surface area contributed by atoms with Crippen LogP contribution in [0.5, 0.6) is 0 Å². The quantitative estimate of drug-likeness (QED) is 0.637. The third-order valence-electron chi connectivity index (χ3n) is 1.60. The molecule has 9 heteroatoms. The summed E-state index contributed by atoms with van der Waals surface area (Å²) in [5.41, 5.74) is -2.82. The molecule has 0 saturated heterocycles. The van der Waals surface area contributed by atoms with Crippen LogP contribution in [0.3, 0.4) is 0 Å². The Hall–Kier alpha value is -2.19. The van der Waals surface area contributed by atoms with E-state index in [0.29, 0.717) is 0 Å². The Kier molecular flexibility index (Phi) is 3.06. The number of nitro groups is 1. The molecule has 0 fully saturated rings. The van der Waals surface area contributed by atoms with Crippen molar-refractivity contribution >= 4 is 11.8 Å². The van der Waals surface area contributed by atoms with Gasteiger partial charge in [-0.1, -0.05) is 0 Å². The van der Waals surface area contributed by atoms with Gasteiger partial charge >= 0.3 is 11.8 Å². The van der Waals surface area contributed by atoms with Crippen LogP contribution in [0.15, 0.2) is 6.07 Å². The molecule has 0 aliphatic heterocycles. The number of aromatic nitrogens is 1. The number of hydrogen-bond donors (Lipinski definition) is 1. The first-order valence-corrected chi connectivity index (χ1v) is 3.71. The minimum atomic E-state index is -3.42. The summed E-state index contributed by atoms with van der Waals surface area (Å²) in [6, 6.07) is 0.147. The first kappa shape index (κ1) is 11.9. The van der Waals surface area contributed by atoms with E-state index >= 15 is 0 Å². The van der Waals surface area contributed by atoms with Gasteiger partial charge < -0.3 is 15.2 Å². The summed E-state index contributed by atoms with van der Waals surface area (Å²) in [6.07, 6.45) is -3.42. The number of alkyl halides is 2. The number of pyridine rings is 1. The van der Waals surface area contributed by atoms with Crippen LogP contribution in [-0.4, -0.2) is 21.0 Å². The van der Waals surface area contributed by atoms with E-state index in [1.165, 1.54) is 0 Å². The minimum Gasteiger partial charge on any atom is -0.475 e. The molecule has 0 atom stereocenters. The molecule has 0 unspecified atom stereocenters. The van der Waals surface area contributed by atoms with E-state index in [2.05, 4.69) is 4.98 Å². The van der Waals surface area contributed by atoms with Crippen LogP contribution in [0.2, 0.25) is 0 Å². The molecule has 1 heterocycles. The van der Waals surface area contributed by atoms with Crippen LogP contribution in [0.1, 0.15) is 22.5 Å². The molecule has 1 aromatic rings. The lowest BCUT2D eigenvalue weighted by Gasteiger charge is -2.02. The van der Waals surface area contributed by atoms with Gasteiger partial charge in [-0.05, 0) is 9.91 Å². The molecule has 0 aliphatic rings. The van der Waals surface area contributed by atoms with E-state index in [-0.39, 0.29) is 6.07 Å². The van der Waals surface area contributed by atoms with Crippen LogP contribution in [0.25, 0.3) is 0 Å². The fourth-order valence-corrected chi connectivity index (χ4v) is 0.975. The van der Waals surface area contributed by atoms with Gasteiger partial charge in [0.15, 0.2) is 0 Å². The molecular weight excluding hydrogens is 233 g/mol. The molecular formula is C7H3F3N2O4. The molecule has 0 spiro atoms. The maximum Gasteiger partial charge on any atom is 0.381 e. The number of hydrogen-bond acceptors (Lipinski definition) is 4. The van der Waals surface area contributed by atoms with Gasteiger partial charge in [0.1, 0.15) is 11.4 Å². The molecule has 1 rings (SSSR count). The Morgan fingerprint density at radius 2 is 2.12 bits per heavy atom. The molecule has 6 nitrogen and oxygen atoms in total. The van der Waals surface area contributed by atoms with Gasteiger partial charge in [0, 0.05) is 0 Å². The first-order chi connectivity index (χ1) is 7.34. The molecule has 0 saturated carbocycles. The predicted molar refractivity (Wildman–Crippen MR) is 42.8 cm³/mol. The van der Waals surface area contributed by atoms with E-state index in [1.54, 1.807) is 0 Å². The number of carbonyl (C=O) groups is 1. The lowest BCUT2D eigenvalue weighted by Crippen LogP contribution is -2.10. The number of aromatic carboxylic acids is 1. The third kappa shape index (κ3) is 2.07. The van der Waals surface area contributed by atoms with Gasteiger partial charge in [-0.3, -0.25) is 0 Å². The smallest absolute Gasteiger partial charge is 0.381 e. The molecule has 0 amide bonds. The van der Waals surface area contributed by atoms with Gasteiger partial charge in [-0.15, -0.1) is 0 Å². The van der Waals surface area contributed by atoms with Crippen molar-refractivity contribution in [2.45, 2.75) is 6.43 Å². The highest BCUT2D eigenvalue weighted by atomic mass is 19.3. The highest BCUT2D eigenvalue weighted by Gasteiger charge is 2.31. The Morgan fingerprint density at radius 1 is 1.56 bits per heavy atom.